The van der Waals surface area contributed by atoms with Crippen molar-refractivity contribution in [2.75, 3.05) is 13.1 Å². The second-order valence-corrected chi connectivity index (χ2v) is 4.22. The van der Waals surface area contributed by atoms with Crippen molar-refractivity contribution in [3.63, 3.8) is 0 Å². The highest BCUT2D eigenvalue weighted by molar-refractivity contribution is 5.97. The molecule has 1 amide bonds. The van der Waals surface area contributed by atoms with Crippen LogP contribution in [0.25, 0.3) is 11.0 Å². The molecular weight excluding hydrogens is 220 g/mol. The number of benzene rings is 1. The summed E-state index contributed by atoms with van der Waals surface area (Å²) in [5.74, 6) is -0.0635. The number of carbonyl (C=O) groups excluding carboxylic acids is 1. The van der Waals surface area contributed by atoms with Gasteiger partial charge in [0.2, 0.25) is 0 Å². The van der Waals surface area contributed by atoms with Crippen molar-refractivity contribution in [2.24, 2.45) is 0 Å². The summed E-state index contributed by atoms with van der Waals surface area (Å²) in [6.45, 7) is 1.02. The number of aromatic nitrogens is 3. The minimum atomic E-state index is -0.394. The van der Waals surface area contributed by atoms with Crippen molar-refractivity contribution in [1.82, 2.24) is 20.3 Å². The van der Waals surface area contributed by atoms with Gasteiger partial charge in [0.05, 0.1) is 6.10 Å². The summed E-state index contributed by atoms with van der Waals surface area (Å²) in [5.41, 5.74) is 2.00. The SMILES string of the molecule is O=C(c1ccc2n[nH]nc2c1)N1CC[C@@H](O)C1. The lowest BCUT2D eigenvalue weighted by Crippen LogP contribution is -2.29. The zero-order chi connectivity index (χ0) is 11.8. The molecule has 0 saturated carbocycles. The normalized spacial score (nSPS) is 20.1. The van der Waals surface area contributed by atoms with Crippen LogP contribution in [-0.2, 0) is 0 Å². The third-order valence-corrected chi connectivity index (χ3v) is 3.01. The molecule has 17 heavy (non-hydrogen) atoms. The Morgan fingerprint density at radius 1 is 1.41 bits per heavy atom. The number of amides is 1. The maximum atomic E-state index is 12.1. The van der Waals surface area contributed by atoms with Gasteiger partial charge in [0.25, 0.3) is 5.91 Å². The molecule has 2 aromatic rings. The average molecular weight is 232 g/mol. The van der Waals surface area contributed by atoms with Gasteiger partial charge in [0.15, 0.2) is 0 Å². The van der Waals surface area contributed by atoms with Crippen molar-refractivity contribution in [3.05, 3.63) is 23.8 Å². The van der Waals surface area contributed by atoms with E-state index in [2.05, 4.69) is 15.4 Å². The Morgan fingerprint density at radius 3 is 3.00 bits per heavy atom. The molecule has 1 aromatic heterocycles. The van der Waals surface area contributed by atoms with E-state index in [1.54, 1.807) is 23.1 Å². The van der Waals surface area contributed by atoms with Gasteiger partial charge < -0.3 is 10.0 Å². The summed E-state index contributed by atoms with van der Waals surface area (Å²) in [6, 6.07) is 5.21. The first-order chi connectivity index (χ1) is 8.24. The molecule has 1 saturated heterocycles. The summed E-state index contributed by atoms with van der Waals surface area (Å²) in [5, 5.41) is 19.8. The second kappa shape index (κ2) is 3.81. The number of hydrogen-bond acceptors (Lipinski definition) is 4. The Morgan fingerprint density at radius 2 is 2.24 bits per heavy atom. The molecule has 1 aliphatic heterocycles. The molecule has 1 aliphatic rings. The van der Waals surface area contributed by atoms with E-state index in [1.807, 2.05) is 0 Å². The zero-order valence-electron chi connectivity index (χ0n) is 9.13. The molecule has 0 spiro atoms. The third kappa shape index (κ3) is 1.76. The monoisotopic (exact) mass is 232 g/mol. The summed E-state index contributed by atoms with van der Waals surface area (Å²) in [4.78, 5) is 13.8. The van der Waals surface area contributed by atoms with Crippen LogP contribution in [0.2, 0.25) is 0 Å². The van der Waals surface area contributed by atoms with Crippen LogP contribution in [0.4, 0.5) is 0 Å². The van der Waals surface area contributed by atoms with Gasteiger partial charge in [-0.15, -0.1) is 0 Å². The van der Waals surface area contributed by atoms with Gasteiger partial charge in [0.1, 0.15) is 11.0 Å². The van der Waals surface area contributed by atoms with Gasteiger partial charge >= 0.3 is 0 Å². The first-order valence-electron chi connectivity index (χ1n) is 5.52. The average Bonchev–Trinajstić information content (AvgIpc) is 2.95. The molecule has 2 N–H and O–H groups in total. The predicted octanol–water partition coefficient (Wildman–Crippen LogP) is 0.165. The highest BCUT2D eigenvalue weighted by atomic mass is 16.3. The van der Waals surface area contributed by atoms with E-state index in [0.29, 0.717) is 30.6 Å². The number of aliphatic hydroxyl groups excluding tert-OH is 1. The van der Waals surface area contributed by atoms with Gasteiger partial charge in [-0.1, -0.05) is 0 Å². The molecule has 0 unspecified atom stereocenters. The van der Waals surface area contributed by atoms with Crippen molar-refractivity contribution >= 4 is 16.9 Å². The van der Waals surface area contributed by atoms with Crippen LogP contribution in [0.5, 0.6) is 0 Å². The van der Waals surface area contributed by atoms with E-state index in [0.717, 1.165) is 5.52 Å². The van der Waals surface area contributed by atoms with Crippen LogP contribution in [0.1, 0.15) is 16.8 Å². The quantitative estimate of drug-likeness (QED) is 0.734. The topological polar surface area (TPSA) is 82.1 Å². The number of likely N-dealkylation sites (tertiary alicyclic amines) is 1. The van der Waals surface area contributed by atoms with Crippen molar-refractivity contribution in [1.29, 1.82) is 0 Å². The minimum absolute atomic E-state index is 0.0635. The van der Waals surface area contributed by atoms with E-state index >= 15 is 0 Å². The zero-order valence-corrected chi connectivity index (χ0v) is 9.13. The molecule has 3 rings (SSSR count). The second-order valence-electron chi connectivity index (χ2n) is 4.22. The standard InChI is InChI=1S/C11H12N4O2/c16-8-3-4-15(6-8)11(17)7-1-2-9-10(5-7)13-14-12-9/h1-2,5,8,16H,3-4,6H2,(H,12,13,14)/t8-/m1/s1. The maximum absolute atomic E-state index is 12.1. The first-order valence-corrected chi connectivity index (χ1v) is 5.52. The van der Waals surface area contributed by atoms with E-state index in [9.17, 15) is 9.90 Å². The summed E-state index contributed by atoms with van der Waals surface area (Å²) >= 11 is 0. The Hall–Kier alpha value is -1.95. The molecule has 0 radical (unpaired) electrons. The number of nitrogens with zero attached hydrogens (tertiary/aromatic N) is 3. The number of β-amino-alcohol motifs (C(OH)–C–C–N with tert-alkyl or cyclic N) is 1. The molecule has 88 valence electrons. The highest BCUT2D eigenvalue weighted by Gasteiger charge is 2.25. The number of nitrogens with one attached hydrogen (secondary N) is 1. The third-order valence-electron chi connectivity index (χ3n) is 3.01. The lowest BCUT2D eigenvalue weighted by molar-refractivity contribution is 0.0765. The molecule has 6 heteroatoms. The molecule has 6 nitrogen and oxygen atoms in total. The molecule has 1 aromatic carbocycles. The Bertz CT molecular complexity index is 565. The van der Waals surface area contributed by atoms with Crippen LogP contribution in [0, 0.1) is 0 Å². The number of rotatable bonds is 1. The van der Waals surface area contributed by atoms with Gasteiger partial charge in [0, 0.05) is 18.7 Å². The number of carbonyl (C=O) groups is 1. The smallest absolute Gasteiger partial charge is 0.254 e. The maximum Gasteiger partial charge on any atom is 0.254 e. The lowest BCUT2D eigenvalue weighted by Gasteiger charge is -2.15. The molecular formula is C11H12N4O2. The molecule has 2 heterocycles. The minimum Gasteiger partial charge on any atom is -0.391 e. The molecule has 1 atom stereocenters. The van der Waals surface area contributed by atoms with E-state index in [4.69, 9.17) is 0 Å². The Kier molecular flexibility index (Phi) is 2.29. The largest absolute Gasteiger partial charge is 0.391 e. The summed E-state index contributed by atoms with van der Waals surface area (Å²) in [6.07, 6.45) is 0.257. The van der Waals surface area contributed by atoms with Crippen LogP contribution >= 0.6 is 0 Å². The highest BCUT2D eigenvalue weighted by Crippen LogP contribution is 2.16. The van der Waals surface area contributed by atoms with E-state index in [-0.39, 0.29) is 5.91 Å². The predicted molar refractivity (Wildman–Crippen MR) is 60.4 cm³/mol. The summed E-state index contributed by atoms with van der Waals surface area (Å²) in [7, 11) is 0. The first kappa shape index (κ1) is 10.2. The van der Waals surface area contributed by atoms with Crippen molar-refractivity contribution < 1.29 is 9.90 Å². The van der Waals surface area contributed by atoms with Gasteiger partial charge in [-0.05, 0) is 24.6 Å². The van der Waals surface area contributed by atoms with Crippen LogP contribution in [0.3, 0.4) is 0 Å². The van der Waals surface area contributed by atoms with Gasteiger partial charge in [-0.3, -0.25) is 4.79 Å². The fourth-order valence-corrected chi connectivity index (χ4v) is 2.08. The molecule has 0 aliphatic carbocycles. The number of fused-ring (bicyclic) bond motifs is 1. The van der Waals surface area contributed by atoms with Gasteiger partial charge in [-0.2, -0.15) is 15.4 Å². The fourth-order valence-electron chi connectivity index (χ4n) is 2.08. The van der Waals surface area contributed by atoms with Crippen molar-refractivity contribution in [2.45, 2.75) is 12.5 Å². The Labute approximate surface area is 97.2 Å². The summed E-state index contributed by atoms with van der Waals surface area (Å²) < 4.78 is 0. The van der Waals surface area contributed by atoms with E-state index < -0.39 is 6.10 Å². The number of aromatic amines is 1. The Balaban J connectivity index is 1.89. The number of aliphatic hydroxyl groups is 1. The molecule has 0 bridgehead atoms. The fraction of sp³-hybridized carbons (Fsp3) is 0.364. The van der Waals surface area contributed by atoms with Gasteiger partial charge in [-0.25, -0.2) is 0 Å². The van der Waals surface area contributed by atoms with Crippen LogP contribution in [-0.4, -0.2) is 50.5 Å². The van der Waals surface area contributed by atoms with Crippen LogP contribution < -0.4 is 0 Å². The van der Waals surface area contributed by atoms with Crippen molar-refractivity contribution in [3.8, 4) is 0 Å². The van der Waals surface area contributed by atoms with Crippen LogP contribution in [0.15, 0.2) is 18.2 Å². The lowest BCUT2D eigenvalue weighted by atomic mass is 10.2. The van der Waals surface area contributed by atoms with E-state index in [1.165, 1.54) is 0 Å². The number of H-pyrrole nitrogens is 1. The molecule has 1 fully saturated rings. The number of hydrogen-bond donors (Lipinski definition) is 2.